The summed E-state index contributed by atoms with van der Waals surface area (Å²) in [7, 11) is 0. The fraction of sp³-hybridized carbons (Fsp3) is 0.333. The van der Waals surface area contributed by atoms with Crippen molar-refractivity contribution in [1.29, 1.82) is 0 Å². The summed E-state index contributed by atoms with van der Waals surface area (Å²) in [5.41, 5.74) is 0.833. The lowest BCUT2D eigenvalue weighted by atomic mass is 10.2. The summed E-state index contributed by atoms with van der Waals surface area (Å²) in [6.07, 6.45) is 3.50. The summed E-state index contributed by atoms with van der Waals surface area (Å²) >= 11 is 1.00. The Morgan fingerprint density at radius 2 is 2.24 bits per heavy atom. The van der Waals surface area contributed by atoms with Crippen molar-refractivity contribution in [2.24, 2.45) is 5.92 Å². The Kier molecular flexibility index (Phi) is 3.38. The average molecular weight is 250 g/mol. The van der Waals surface area contributed by atoms with Gasteiger partial charge in [0.05, 0.1) is 4.91 Å². The number of nitrogens with one attached hydrogen (secondary N) is 1. The molecular weight excluding hydrogens is 236 g/mol. The number of thioether (sulfide) groups is 1. The first kappa shape index (κ1) is 12.0. The number of hydrogen-bond donors (Lipinski definition) is 1. The SMILES string of the molecule is CC(C)CN1C(=O)S/C(=C\c2ccc[nH]2)C1=O. The lowest BCUT2D eigenvalue weighted by molar-refractivity contribution is -0.123. The van der Waals surface area contributed by atoms with E-state index in [0.717, 1.165) is 17.5 Å². The van der Waals surface area contributed by atoms with Crippen molar-refractivity contribution in [1.82, 2.24) is 9.88 Å². The van der Waals surface area contributed by atoms with E-state index in [2.05, 4.69) is 4.98 Å². The molecule has 1 N–H and O–H groups in total. The van der Waals surface area contributed by atoms with E-state index in [1.54, 1.807) is 12.3 Å². The summed E-state index contributed by atoms with van der Waals surface area (Å²) < 4.78 is 0. The zero-order chi connectivity index (χ0) is 12.4. The molecule has 1 aliphatic heterocycles. The van der Waals surface area contributed by atoms with Gasteiger partial charge in [-0.25, -0.2) is 0 Å². The Hall–Kier alpha value is -1.49. The van der Waals surface area contributed by atoms with Crippen molar-refractivity contribution in [2.75, 3.05) is 6.54 Å². The first-order valence-electron chi connectivity index (χ1n) is 5.46. The Morgan fingerprint density at radius 3 is 2.82 bits per heavy atom. The molecule has 4 nitrogen and oxygen atoms in total. The molecule has 1 aromatic heterocycles. The van der Waals surface area contributed by atoms with Gasteiger partial charge in [-0.3, -0.25) is 14.5 Å². The predicted octanol–water partition coefficient (Wildman–Crippen LogP) is 2.71. The van der Waals surface area contributed by atoms with Gasteiger partial charge in [0.15, 0.2) is 0 Å². The Balaban J connectivity index is 2.18. The van der Waals surface area contributed by atoms with E-state index in [1.807, 2.05) is 26.0 Å². The van der Waals surface area contributed by atoms with Gasteiger partial charge in [-0.1, -0.05) is 13.8 Å². The van der Waals surface area contributed by atoms with Crippen molar-refractivity contribution >= 4 is 29.0 Å². The first-order chi connectivity index (χ1) is 8.08. The molecule has 0 aromatic carbocycles. The minimum absolute atomic E-state index is 0.179. The number of carbonyl (C=O) groups excluding carboxylic acids is 2. The van der Waals surface area contributed by atoms with Crippen LogP contribution in [0.1, 0.15) is 19.5 Å². The number of nitrogens with zero attached hydrogens (tertiary/aromatic N) is 1. The molecule has 17 heavy (non-hydrogen) atoms. The number of aromatic amines is 1. The van der Waals surface area contributed by atoms with Crippen LogP contribution >= 0.6 is 11.8 Å². The van der Waals surface area contributed by atoms with Gasteiger partial charge in [-0.15, -0.1) is 0 Å². The van der Waals surface area contributed by atoms with Crippen molar-refractivity contribution in [3.05, 3.63) is 28.9 Å². The standard InChI is InChI=1S/C12H14N2O2S/c1-8(2)7-14-11(15)10(17-12(14)16)6-9-4-3-5-13-9/h3-6,8,13H,7H2,1-2H3/b10-6-. The third-order valence-corrected chi connectivity index (χ3v) is 3.24. The van der Waals surface area contributed by atoms with Crippen LogP contribution in [0.25, 0.3) is 6.08 Å². The van der Waals surface area contributed by atoms with Crippen LogP contribution < -0.4 is 0 Å². The number of carbonyl (C=O) groups is 2. The molecule has 0 saturated carbocycles. The van der Waals surface area contributed by atoms with Gasteiger partial charge in [-0.05, 0) is 35.9 Å². The van der Waals surface area contributed by atoms with Crippen molar-refractivity contribution in [3.8, 4) is 0 Å². The normalized spacial score (nSPS) is 18.8. The van der Waals surface area contributed by atoms with Crippen molar-refractivity contribution < 1.29 is 9.59 Å². The molecule has 1 fully saturated rings. The maximum absolute atomic E-state index is 12.0. The minimum atomic E-state index is -0.191. The molecular formula is C12H14N2O2S. The maximum Gasteiger partial charge on any atom is 0.293 e. The van der Waals surface area contributed by atoms with Gasteiger partial charge < -0.3 is 4.98 Å². The molecule has 0 aliphatic carbocycles. The monoisotopic (exact) mass is 250 g/mol. The van der Waals surface area contributed by atoms with Crippen molar-refractivity contribution in [2.45, 2.75) is 13.8 Å². The van der Waals surface area contributed by atoms with Crippen LogP contribution in [0, 0.1) is 5.92 Å². The molecule has 5 heteroatoms. The van der Waals surface area contributed by atoms with E-state index in [1.165, 1.54) is 4.90 Å². The van der Waals surface area contributed by atoms with E-state index in [0.29, 0.717) is 11.4 Å². The zero-order valence-corrected chi connectivity index (χ0v) is 10.6. The molecule has 0 radical (unpaired) electrons. The highest BCUT2D eigenvalue weighted by molar-refractivity contribution is 8.18. The molecule has 90 valence electrons. The van der Waals surface area contributed by atoms with Gasteiger partial charge in [0.2, 0.25) is 0 Å². The average Bonchev–Trinajstić information content (AvgIpc) is 2.83. The summed E-state index contributed by atoms with van der Waals surface area (Å²) in [6.45, 7) is 4.45. The Morgan fingerprint density at radius 1 is 1.47 bits per heavy atom. The molecule has 2 amide bonds. The van der Waals surface area contributed by atoms with Gasteiger partial charge in [0.1, 0.15) is 0 Å². The molecule has 2 rings (SSSR count). The number of aromatic nitrogens is 1. The molecule has 0 bridgehead atoms. The molecule has 0 spiro atoms. The van der Waals surface area contributed by atoms with E-state index < -0.39 is 0 Å². The van der Waals surface area contributed by atoms with Crippen LogP contribution in [0.3, 0.4) is 0 Å². The third kappa shape index (κ3) is 2.61. The highest BCUT2D eigenvalue weighted by Gasteiger charge is 2.35. The summed E-state index contributed by atoms with van der Waals surface area (Å²) in [4.78, 5) is 28.4. The van der Waals surface area contributed by atoms with Crippen LogP contribution in [-0.4, -0.2) is 27.6 Å². The Labute approximate surface area is 104 Å². The van der Waals surface area contributed by atoms with Crippen LogP contribution in [-0.2, 0) is 4.79 Å². The van der Waals surface area contributed by atoms with E-state index in [9.17, 15) is 9.59 Å². The predicted molar refractivity (Wildman–Crippen MR) is 68.3 cm³/mol. The smallest absolute Gasteiger partial charge is 0.293 e. The fourth-order valence-corrected chi connectivity index (χ4v) is 2.44. The fourth-order valence-electron chi connectivity index (χ4n) is 1.60. The molecule has 1 aliphatic rings. The lowest BCUT2D eigenvalue weighted by Gasteiger charge is -2.14. The Bertz CT molecular complexity index is 463. The zero-order valence-electron chi connectivity index (χ0n) is 9.77. The third-order valence-electron chi connectivity index (χ3n) is 2.33. The van der Waals surface area contributed by atoms with Crippen LogP contribution in [0.4, 0.5) is 4.79 Å². The van der Waals surface area contributed by atoms with E-state index in [4.69, 9.17) is 0 Å². The highest BCUT2D eigenvalue weighted by Crippen LogP contribution is 2.32. The molecule has 1 saturated heterocycles. The number of amides is 2. The van der Waals surface area contributed by atoms with Gasteiger partial charge in [0, 0.05) is 18.4 Å². The second-order valence-corrected chi connectivity index (χ2v) is 5.30. The van der Waals surface area contributed by atoms with E-state index >= 15 is 0 Å². The summed E-state index contributed by atoms with van der Waals surface area (Å²) in [6, 6.07) is 3.71. The topological polar surface area (TPSA) is 53.2 Å². The minimum Gasteiger partial charge on any atom is -0.362 e. The molecule has 0 unspecified atom stereocenters. The molecule has 0 atom stereocenters. The quantitative estimate of drug-likeness (QED) is 0.839. The summed E-state index contributed by atoms with van der Waals surface area (Å²) in [5.74, 6) is 0.0941. The largest absolute Gasteiger partial charge is 0.362 e. The van der Waals surface area contributed by atoms with Crippen LogP contribution in [0.15, 0.2) is 23.2 Å². The second-order valence-electron chi connectivity index (χ2n) is 4.31. The second kappa shape index (κ2) is 4.79. The molecule has 1 aromatic rings. The van der Waals surface area contributed by atoms with Gasteiger partial charge >= 0.3 is 0 Å². The lowest BCUT2D eigenvalue weighted by Crippen LogP contribution is -2.31. The van der Waals surface area contributed by atoms with Crippen molar-refractivity contribution in [3.63, 3.8) is 0 Å². The van der Waals surface area contributed by atoms with Gasteiger partial charge in [0.25, 0.3) is 11.1 Å². The highest BCUT2D eigenvalue weighted by atomic mass is 32.2. The van der Waals surface area contributed by atoms with E-state index in [-0.39, 0.29) is 17.1 Å². The van der Waals surface area contributed by atoms with Crippen LogP contribution in [0.2, 0.25) is 0 Å². The first-order valence-corrected chi connectivity index (χ1v) is 6.28. The molecule has 2 heterocycles. The number of H-pyrrole nitrogens is 1. The number of rotatable bonds is 3. The van der Waals surface area contributed by atoms with Crippen LogP contribution in [0.5, 0.6) is 0 Å². The van der Waals surface area contributed by atoms with Gasteiger partial charge in [-0.2, -0.15) is 0 Å². The maximum atomic E-state index is 12.0. The number of imide groups is 1. The number of hydrogen-bond acceptors (Lipinski definition) is 3. The summed E-state index contributed by atoms with van der Waals surface area (Å²) in [5, 5.41) is -0.179.